The molecule has 23 heavy (non-hydrogen) atoms. The van der Waals surface area contributed by atoms with Crippen LogP contribution in [0.25, 0.3) is 0 Å². The number of hydrogen-bond donors (Lipinski definition) is 0. The summed E-state index contributed by atoms with van der Waals surface area (Å²) >= 11 is 0. The normalized spacial score (nSPS) is 24.0. The highest BCUT2D eigenvalue weighted by atomic mass is 16.7. The zero-order valence-electron chi connectivity index (χ0n) is 13.2. The molecule has 6 heteroatoms. The van der Waals surface area contributed by atoms with Gasteiger partial charge in [-0.1, -0.05) is 0 Å². The second-order valence-electron chi connectivity index (χ2n) is 6.41. The molecule has 0 saturated carbocycles. The molecule has 3 aliphatic heterocycles. The van der Waals surface area contributed by atoms with Crippen LogP contribution in [0, 0.1) is 5.92 Å². The summed E-state index contributed by atoms with van der Waals surface area (Å²) in [6, 6.07) is 5.34. The molecule has 1 atom stereocenters. The van der Waals surface area contributed by atoms with Crippen molar-refractivity contribution in [3.63, 3.8) is 0 Å². The molecule has 1 aromatic carbocycles. The number of methoxy groups -OCH3 is 1. The van der Waals surface area contributed by atoms with E-state index >= 15 is 0 Å². The Morgan fingerprint density at radius 1 is 1.35 bits per heavy atom. The zero-order valence-corrected chi connectivity index (χ0v) is 13.2. The summed E-state index contributed by atoms with van der Waals surface area (Å²) in [6.07, 6.45) is 2.04. The first-order chi connectivity index (χ1) is 11.2. The molecule has 1 unspecified atom stereocenters. The number of carbonyl (C=O) groups excluding carboxylic acids is 1. The lowest BCUT2D eigenvalue weighted by Gasteiger charge is -2.50. The summed E-state index contributed by atoms with van der Waals surface area (Å²) in [4.78, 5) is 14.5. The predicted molar refractivity (Wildman–Crippen MR) is 81.8 cm³/mol. The molecule has 3 heterocycles. The third kappa shape index (κ3) is 2.46. The van der Waals surface area contributed by atoms with Gasteiger partial charge in [0.2, 0.25) is 6.79 Å². The fourth-order valence-corrected chi connectivity index (χ4v) is 3.76. The van der Waals surface area contributed by atoms with E-state index in [4.69, 9.17) is 18.9 Å². The van der Waals surface area contributed by atoms with Gasteiger partial charge in [-0.3, -0.25) is 4.79 Å². The first kappa shape index (κ1) is 14.8. The average molecular weight is 319 g/mol. The van der Waals surface area contributed by atoms with E-state index in [1.807, 2.05) is 4.90 Å². The third-order valence-corrected chi connectivity index (χ3v) is 5.09. The number of benzene rings is 1. The number of likely N-dealkylation sites (tertiary alicyclic amines) is 1. The molecule has 0 aliphatic carbocycles. The lowest BCUT2D eigenvalue weighted by molar-refractivity contribution is -0.120. The van der Waals surface area contributed by atoms with Gasteiger partial charge < -0.3 is 23.8 Å². The summed E-state index contributed by atoms with van der Waals surface area (Å²) in [5.74, 6) is 1.83. The van der Waals surface area contributed by atoms with Crippen LogP contribution >= 0.6 is 0 Å². The highest BCUT2D eigenvalue weighted by Gasteiger charge is 2.54. The Bertz CT molecular complexity index is 611. The largest absolute Gasteiger partial charge is 0.454 e. The molecule has 1 spiro atoms. The van der Waals surface area contributed by atoms with E-state index in [2.05, 4.69) is 0 Å². The first-order valence-electron chi connectivity index (χ1n) is 8.04. The molecule has 1 amide bonds. The minimum absolute atomic E-state index is 0.0231. The van der Waals surface area contributed by atoms with Crippen molar-refractivity contribution in [2.45, 2.75) is 18.4 Å². The van der Waals surface area contributed by atoms with Crippen molar-refractivity contribution >= 4 is 5.91 Å². The fraction of sp³-hybridized carbons (Fsp3) is 0.588. The van der Waals surface area contributed by atoms with Crippen molar-refractivity contribution in [2.24, 2.45) is 5.92 Å². The van der Waals surface area contributed by atoms with Gasteiger partial charge >= 0.3 is 0 Å². The van der Waals surface area contributed by atoms with Crippen LogP contribution in [0.4, 0.5) is 0 Å². The molecule has 2 fully saturated rings. The van der Waals surface area contributed by atoms with Crippen molar-refractivity contribution in [3.8, 4) is 11.5 Å². The second-order valence-corrected chi connectivity index (χ2v) is 6.41. The van der Waals surface area contributed by atoms with E-state index in [1.54, 1.807) is 25.3 Å². The van der Waals surface area contributed by atoms with Crippen LogP contribution < -0.4 is 9.47 Å². The van der Waals surface area contributed by atoms with Crippen molar-refractivity contribution in [3.05, 3.63) is 23.8 Å². The first-order valence-corrected chi connectivity index (χ1v) is 8.04. The Kier molecular flexibility index (Phi) is 3.66. The van der Waals surface area contributed by atoms with Gasteiger partial charge in [-0.2, -0.15) is 0 Å². The minimum atomic E-state index is -0.162. The number of ether oxygens (including phenoxy) is 4. The van der Waals surface area contributed by atoms with Crippen LogP contribution in [0.5, 0.6) is 11.5 Å². The van der Waals surface area contributed by atoms with Crippen LogP contribution in [0.2, 0.25) is 0 Å². The molecule has 3 aliphatic rings. The molecular formula is C17H21NO5. The second kappa shape index (κ2) is 5.69. The number of fused-ring (bicyclic) bond motifs is 1. The molecule has 124 valence electrons. The molecule has 0 N–H and O–H groups in total. The van der Waals surface area contributed by atoms with E-state index in [0.717, 1.165) is 26.1 Å². The SMILES string of the molecule is COCCC1CCOC12CN(C(=O)c1ccc3c(c1)OCO3)C2. The number of nitrogens with zero attached hydrogens (tertiary/aromatic N) is 1. The van der Waals surface area contributed by atoms with Crippen molar-refractivity contribution in [2.75, 3.05) is 40.2 Å². The molecule has 2 saturated heterocycles. The van der Waals surface area contributed by atoms with E-state index in [9.17, 15) is 4.79 Å². The Labute approximate surface area is 135 Å². The van der Waals surface area contributed by atoms with E-state index in [-0.39, 0.29) is 18.3 Å². The maximum Gasteiger partial charge on any atom is 0.254 e. The molecule has 0 radical (unpaired) electrons. The summed E-state index contributed by atoms with van der Waals surface area (Å²) in [7, 11) is 1.72. The molecule has 4 rings (SSSR count). The predicted octanol–water partition coefficient (Wildman–Crippen LogP) is 1.68. The van der Waals surface area contributed by atoms with Gasteiger partial charge in [0.25, 0.3) is 5.91 Å². The molecule has 6 nitrogen and oxygen atoms in total. The molecule has 0 aromatic heterocycles. The van der Waals surface area contributed by atoms with Crippen LogP contribution in [0.3, 0.4) is 0 Å². The van der Waals surface area contributed by atoms with Gasteiger partial charge in [0.05, 0.1) is 13.1 Å². The summed E-state index contributed by atoms with van der Waals surface area (Å²) in [5.41, 5.74) is 0.473. The molecular weight excluding hydrogens is 298 g/mol. The average Bonchev–Trinajstić information content (AvgIpc) is 3.16. The van der Waals surface area contributed by atoms with Crippen molar-refractivity contribution in [1.29, 1.82) is 0 Å². The Morgan fingerprint density at radius 2 is 2.17 bits per heavy atom. The fourth-order valence-electron chi connectivity index (χ4n) is 3.76. The monoisotopic (exact) mass is 319 g/mol. The van der Waals surface area contributed by atoms with Gasteiger partial charge in [-0.15, -0.1) is 0 Å². The summed E-state index contributed by atoms with van der Waals surface area (Å²) < 4.78 is 21.8. The molecule has 0 bridgehead atoms. The van der Waals surface area contributed by atoms with E-state index < -0.39 is 0 Å². The van der Waals surface area contributed by atoms with E-state index in [1.165, 1.54) is 0 Å². The van der Waals surface area contributed by atoms with Crippen molar-refractivity contribution < 1.29 is 23.7 Å². The lowest BCUT2D eigenvalue weighted by Crippen LogP contribution is -2.66. The Hall–Kier alpha value is -1.79. The third-order valence-electron chi connectivity index (χ3n) is 5.09. The van der Waals surface area contributed by atoms with Crippen LogP contribution in [0.15, 0.2) is 18.2 Å². The zero-order chi connectivity index (χ0) is 15.9. The van der Waals surface area contributed by atoms with Gasteiger partial charge in [0, 0.05) is 25.9 Å². The summed E-state index contributed by atoms with van der Waals surface area (Å²) in [5, 5.41) is 0. The van der Waals surface area contributed by atoms with Gasteiger partial charge in [0.15, 0.2) is 11.5 Å². The van der Waals surface area contributed by atoms with Gasteiger partial charge in [-0.05, 0) is 37.0 Å². The number of hydrogen-bond acceptors (Lipinski definition) is 5. The summed E-state index contributed by atoms with van der Waals surface area (Å²) in [6.45, 7) is 3.06. The van der Waals surface area contributed by atoms with Crippen LogP contribution in [-0.2, 0) is 9.47 Å². The highest BCUT2D eigenvalue weighted by Crippen LogP contribution is 2.42. The van der Waals surface area contributed by atoms with Gasteiger partial charge in [-0.25, -0.2) is 0 Å². The standard InChI is InChI=1S/C17H21NO5/c1-20-6-4-13-5-7-23-17(13)9-18(10-17)16(19)12-2-3-14-15(8-12)22-11-21-14/h2-3,8,13H,4-7,9-11H2,1H3. The molecule has 1 aromatic rings. The Morgan fingerprint density at radius 3 is 3.00 bits per heavy atom. The van der Waals surface area contributed by atoms with E-state index in [0.29, 0.717) is 36.1 Å². The number of rotatable bonds is 4. The van der Waals surface area contributed by atoms with Crippen LogP contribution in [-0.4, -0.2) is 56.6 Å². The number of carbonyl (C=O) groups is 1. The Balaban J connectivity index is 1.42. The topological polar surface area (TPSA) is 57.2 Å². The maximum atomic E-state index is 12.6. The van der Waals surface area contributed by atoms with Crippen LogP contribution in [0.1, 0.15) is 23.2 Å². The quantitative estimate of drug-likeness (QED) is 0.845. The maximum absolute atomic E-state index is 12.6. The minimum Gasteiger partial charge on any atom is -0.454 e. The lowest BCUT2D eigenvalue weighted by atomic mass is 9.79. The van der Waals surface area contributed by atoms with Gasteiger partial charge in [0.1, 0.15) is 5.60 Å². The smallest absolute Gasteiger partial charge is 0.254 e. The highest BCUT2D eigenvalue weighted by molar-refractivity contribution is 5.95. The number of amides is 1. The van der Waals surface area contributed by atoms with Crippen molar-refractivity contribution in [1.82, 2.24) is 4.90 Å².